The molecular formula is C12H26N2O. The monoisotopic (exact) mass is 214 g/mol. The minimum atomic E-state index is 0.146. The summed E-state index contributed by atoms with van der Waals surface area (Å²) < 4.78 is 0. The molecule has 0 heterocycles. The summed E-state index contributed by atoms with van der Waals surface area (Å²) in [5.74, 6) is 0.631. The van der Waals surface area contributed by atoms with Crippen LogP contribution in [0.25, 0.3) is 0 Å². The van der Waals surface area contributed by atoms with Crippen LogP contribution in [0.3, 0.4) is 0 Å². The third kappa shape index (κ3) is 4.54. The van der Waals surface area contributed by atoms with E-state index in [1.807, 2.05) is 30.7 Å². The van der Waals surface area contributed by atoms with E-state index in [0.29, 0.717) is 12.0 Å². The first kappa shape index (κ1) is 14.3. The van der Waals surface area contributed by atoms with Gasteiger partial charge in [0.05, 0.1) is 0 Å². The summed E-state index contributed by atoms with van der Waals surface area (Å²) in [4.78, 5) is 15.7. The van der Waals surface area contributed by atoms with E-state index in [2.05, 4.69) is 20.8 Å². The first-order valence-corrected chi connectivity index (χ1v) is 5.95. The Balaban J connectivity index is 4.29. The summed E-state index contributed by atoms with van der Waals surface area (Å²) in [7, 11) is 1.90. The van der Waals surface area contributed by atoms with Crippen molar-refractivity contribution in [2.45, 2.75) is 47.1 Å². The van der Waals surface area contributed by atoms with Gasteiger partial charge in [-0.15, -0.1) is 0 Å². The van der Waals surface area contributed by atoms with E-state index >= 15 is 0 Å². The molecule has 0 N–H and O–H groups in total. The van der Waals surface area contributed by atoms with Crippen molar-refractivity contribution < 1.29 is 4.79 Å². The van der Waals surface area contributed by atoms with Crippen LogP contribution in [0.5, 0.6) is 0 Å². The van der Waals surface area contributed by atoms with Gasteiger partial charge in [-0.25, -0.2) is 4.79 Å². The average molecular weight is 214 g/mol. The number of amides is 2. The van der Waals surface area contributed by atoms with E-state index in [-0.39, 0.29) is 6.03 Å². The Morgan fingerprint density at radius 3 is 1.93 bits per heavy atom. The van der Waals surface area contributed by atoms with E-state index in [1.54, 1.807) is 0 Å². The molecule has 3 nitrogen and oxygen atoms in total. The van der Waals surface area contributed by atoms with E-state index in [0.717, 1.165) is 19.5 Å². The lowest BCUT2D eigenvalue weighted by Crippen LogP contribution is -2.45. The standard InChI is InChI=1S/C12H26N2O/c1-7-14(8-2)12(15)13(6)11(5)9-10(3)4/h10-11H,7-9H2,1-6H3. The van der Waals surface area contributed by atoms with Crippen LogP contribution in [0.15, 0.2) is 0 Å². The van der Waals surface area contributed by atoms with Crippen LogP contribution in [0.1, 0.15) is 41.0 Å². The quantitative estimate of drug-likeness (QED) is 0.690. The summed E-state index contributed by atoms with van der Waals surface area (Å²) in [6, 6.07) is 0.464. The summed E-state index contributed by atoms with van der Waals surface area (Å²) >= 11 is 0. The molecule has 1 unspecified atom stereocenters. The van der Waals surface area contributed by atoms with Gasteiger partial charge in [-0.1, -0.05) is 13.8 Å². The number of hydrogen-bond acceptors (Lipinski definition) is 1. The molecule has 0 aliphatic heterocycles. The van der Waals surface area contributed by atoms with Gasteiger partial charge >= 0.3 is 6.03 Å². The summed E-state index contributed by atoms with van der Waals surface area (Å²) in [5, 5.41) is 0. The third-order valence-corrected chi connectivity index (χ3v) is 2.81. The Kier molecular flexibility index (Phi) is 6.37. The van der Waals surface area contributed by atoms with E-state index in [4.69, 9.17) is 0 Å². The second-order valence-corrected chi connectivity index (χ2v) is 4.54. The molecule has 0 aromatic heterocycles. The SMILES string of the molecule is CCN(CC)C(=O)N(C)C(C)CC(C)C. The average Bonchev–Trinajstić information content (AvgIpc) is 2.17. The Bertz CT molecular complexity index is 188. The fraction of sp³-hybridized carbons (Fsp3) is 0.917. The lowest BCUT2D eigenvalue weighted by Gasteiger charge is -2.31. The highest BCUT2D eigenvalue weighted by Gasteiger charge is 2.20. The minimum Gasteiger partial charge on any atom is -0.325 e. The maximum Gasteiger partial charge on any atom is 0.319 e. The van der Waals surface area contributed by atoms with Crippen LogP contribution in [0, 0.1) is 5.92 Å². The number of carbonyl (C=O) groups excluding carboxylic acids is 1. The van der Waals surface area contributed by atoms with E-state index in [1.165, 1.54) is 0 Å². The molecule has 0 rings (SSSR count). The van der Waals surface area contributed by atoms with Crippen LogP contribution in [-0.2, 0) is 0 Å². The molecule has 0 aromatic carbocycles. The van der Waals surface area contributed by atoms with Gasteiger partial charge in [0.2, 0.25) is 0 Å². The fourth-order valence-corrected chi connectivity index (χ4v) is 1.75. The van der Waals surface area contributed by atoms with Crippen molar-refractivity contribution in [3.8, 4) is 0 Å². The van der Waals surface area contributed by atoms with Gasteiger partial charge in [-0.2, -0.15) is 0 Å². The zero-order valence-electron chi connectivity index (χ0n) is 11.1. The molecular weight excluding hydrogens is 188 g/mol. The summed E-state index contributed by atoms with van der Waals surface area (Å²) in [5.41, 5.74) is 0. The zero-order chi connectivity index (χ0) is 12.0. The molecule has 0 aliphatic rings. The number of urea groups is 1. The first-order valence-electron chi connectivity index (χ1n) is 5.95. The number of hydrogen-bond donors (Lipinski definition) is 0. The normalized spacial score (nSPS) is 12.7. The van der Waals surface area contributed by atoms with Crippen molar-refractivity contribution in [2.75, 3.05) is 20.1 Å². The highest BCUT2D eigenvalue weighted by Crippen LogP contribution is 2.11. The molecule has 0 bridgehead atoms. The molecule has 0 radical (unpaired) electrons. The Morgan fingerprint density at radius 1 is 1.13 bits per heavy atom. The molecule has 0 saturated carbocycles. The van der Waals surface area contributed by atoms with Crippen LogP contribution >= 0.6 is 0 Å². The predicted octanol–water partition coefficient (Wildman–Crippen LogP) is 2.81. The second-order valence-electron chi connectivity index (χ2n) is 4.54. The largest absolute Gasteiger partial charge is 0.325 e. The van der Waals surface area contributed by atoms with Gasteiger partial charge in [0.15, 0.2) is 0 Å². The first-order chi connectivity index (χ1) is 6.93. The van der Waals surface area contributed by atoms with Gasteiger partial charge in [-0.3, -0.25) is 0 Å². The van der Waals surface area contributed by atoms with E-state index < -0.39 is 0 Å². The molecule has 90 valence electrons. The smallest absolute Gasteiger partial charge is 0.319 e. The Hall–Kier alpha value is -0.730. The molecule has 0 spiro atoms. The van der Waals surface area contributed by atoms with Crippen LogP contribution in [-0.4, -0.2) is 42.0 Å². The van der Waals surface area contributed by atoms with Gasteiger partial charge in [0.25, 0.3) is 0 Å². The topological polar surface area (TPSA) is 23.6 Å². The number of nitrogens with zero attached hydrogens (tertiary/aromatic N) is 2. The maximum atomic E-state index is 12.0. The molecule has 2 amide bonds. The lowest BCUT2D eigenvalue weighted by atomic mass is 10.0. The molecule has 15 heavy (non-hydrogen) atoms. The van der Waals surface area contributed by atoms with Crippen molar-refractivity contribution in [1.82, 2.24) is 9.80 Å². The van der Waals surface area contributed by atoms with Gasteiger partial charge < -0.3 is 9.80 Å². The molecule has 3 heteroatoms. The zero-order valence-corrected chi connectivity index (χ0v) is 11.1. The molecule has 1 atom stereocenters. The number of rotatable bonds is 5. The molecule has 0 aromatic rings. The maximum absolute atomic E-state index is 12.0. The Morgan fingerprint density at radius 2 is 1.60 bits per heavy atom. The van der Waals surface area contributed by atoms with Crippen molar-refractivity contribution in [2.24, 2.45) is 5.92 Å². The third-order valence-electron chi connectivity index (χ3n) is 2.81. The van der Waals surface area contributed by atoms with Crippen molar-refractivity contribution >= 4 is 6.03 Å². The summed E-state index contributed by atoms with van der Waals surface area (Å²) in [6.45, 7) is 12.1. The van der Waals surface area contributed by atoms with Crippen molar-refractivity contribution in [3.05, 3.63) is 0 Å². The predicted molar refractivity (Wildman–Crippen MR) is 65.0 cm³/mol. The van der Waals surface area contributed by atoms with Crippen molar-refractivity contribution in [3.63, 3.8) is 0 Å². The lowest BCUT2D eigenvalue weighted by molar-refractivity contribution is 0.148. The Labute approximate surface area is 94.4 Å². The van der Waals surface area contributed by atoms with Crippen LogP contribution in [0.4, 0.5) is 4.79 Å². The fourth-order valence-electron chi connectivity index (χ4n) is 1.75. The minimum absolute atomic E-state index is 0.146. The molecule has 0 aliphatic carbocycles. The molecule has 0 saturated heterocycles. The van der Waals surface area contributed by atoms with Gasteiger partial charge in [0.1, 0.15) is 0 Å². The van der Waals surface area contributed by atoms with Gasteiger partial charge in [0, 0.05) is 26.2 Å². The van der Waals surface area contributed by atoms with Crippen LogP contribution in [0.2, 0.25) is 0 Å². The summed E-state index contributed by atoms with van der Waals surface area (Å²) in [6.07, 6.45) is 1.06. The second kappa shape index (κ2) is 6.70. The van der Waals surface area contributed by atoms with Crippen LogP contribution < -0.4 is 0 Å². The van der Waals surface area contributed by atoms with E-state index in [9.17, 15) is 4.79 Å². The highest BCUT2D eigenvalue weighted by atomic mass is 16.2. The van der Waals surface area contributed by atoms with Crippen molar-refractivity contribution in [1.29, 1.82) is 0 Å². The van der Waals surface area contributed by atoms with Gasteiger partial charge in [-0.05, 0) is 33.1 Å². The highest BCUT2D eigenvalue weighted by molar-refractivity contribution is 5.74. The number of carbonyl (C=O) groups is 1. The molecule has 0 fully saturated rings.